The summed E-state index contributed by atoms with van der Waals surface area (Å²) < 4.78 is 2.06. The molecule has 0 amide bonds. The van der Waals surface area contributed by atoms with Gasteiger partial charge in [0.05, 0.1) is 5.69 Å². The zero-order valence-electron chi connectivity index (χ0n) is 8.13. The minimum absolute atomic E-state index is 0.442. The first kappa shape index (κ1) is 9.65. The van der Waals surface area contributed by atoms with Crippen molar-refractivity contribution in [2.45, 2.75) is 39.5 Å². The Balaban J connectivity index is 3.17. The Morgan fingerprint density at radius 1 is 1.42 bits per heavy atom. The van der Waals surface area contributed by atoms with Crippen molar-refractivity contribution in [1.29, 1.82) is 0 Å². The maximum absolute atomic E-state index is 4.45. The van der Waals surface area contributed by atoms with Crippen LogP contribution in [-0.4, -0.2) is 9.78 Å². The van der Waals surface area contributed by atoms with Crippen LogP contribution in [0.1, 0.15) is 36.8 Å². The first-order valence-corrected chi connectivity index (χ1v) is 4.86. The molecule has 0 atom stereocenters. The third-order valence-electron chi connectivity index (χ3n) is 2.12. The Morgan fingerprint density at radius 3 is 2.25 bits per heavy atom. The monoisotopic (exact) mass is 184 g/mol. The predicted molar refractivity (Wildman–Crippen MR) is 54.8 cm³/mol. The number of aromatic nitrogens is 2. The summed E-state index contributed by atoms with van der Waals surface area (Å²) >= 11 is 4.28. The smallest absolute Gasteiger partial charge is 0.0636 e. The summed E-state index contributed by atoms with van der Waals surface area (Å²) in [6.07, 6.45) is 0. The number of thiol groups is 1. The maximum atomic E-state index is 4.45. The second kappa shape index (κ2) is 3.52. The number of hydrogen-bond donors (Lipinski definition) is 1. The zero-order chi connectivity index (χ0) is 9.30. The van der Waals surface area contributed by atoms with Gasteiger partial charge in [-0.05, 0) is 27.7 Å². The Labute approximate surface area is 79.4 Å². The molecule has 0 saturated carbocycles. The molecule has 3 heteroatoms. The zero-order valence-corrected chi connectivity index (χ0v) is 9.02. The quantitative estimate of drug-likeness (QED) is 0.699. The molecule has 0 bridgehead atoms. The van der Waals surface area contributed by atoms with Crippen LogP contribution in [0.25, 0.3) is 0 Å². The van der Waals surface area contributed by atoms with Gasteiger partial charge < -0.3 is 0 Å². The van der Waals surface area contributed by atoms with Gasteiger partial charge in [-0.25, -0.2) is 0 Å². The summed E-state index contributed by atoms with van der Waals surface area (Å²) in [6, 6.07) is 0.442. The van der Waals surface area contributed by atoms with Crippen molar-refractivity contribution < 1.29 is 0 Å². The summed E-state index contributed by atoms with van der Waals surface area (Å²) in [5, 5.41) is 4.45. The molecular formula is C9H16N2S. The van der Waals surface area contributed by atoms with E-state index in [9.17, 15) is 0 Å². The van der Waals surface area contributed by atoms with E-state index < -0.39 is 0 Å². The van der Waals surface area contributed by atoms with Crippen LogP contribution in [0, 0.1) is 13.8 Å². The molecule has 0 aliphatic heterocycles. The van der Waals surface area contributed by atoms with E-state index in [1.165, 1.54) is 11.3 Å². The van der Waals surface area contributed by atoms with Gasteiger partial charge in [0.2, 0.25) is 0 Å². The van der Waals surface area contributed by atoms with Crippen molar-refractivity contribution in [1.82, 2.24) is 9.78 Å². The fourth-order valence-corrected chi connectivity index (χ4v) is 1.89. The van der Waals surface area contributed by atoms with Crippen LogP contribution in [0.5, 0.6) is 0 Å². The second-order valence-corrected chi connectivity index (χ2v) is 3.66. The van der Waals surface area contributed by atoms with Gasteiger partial charge in [-0.2, -0.15) is 17.7 Å². The van der Waals surface area contributed by atoms with Crippen LogP contribution in [0.3, 0.4) is 0 Å². The molecule has 0 aromatic carbocycles. The van der Waals surface area contributed by atoms with Crippen molar-refractivity contribution in [3.63, 3.8) is 0 Å². The molecule has 0 N–H and O–H groups in total. The molecule has 2 nitrogen and oxygen atoms in total. The number of aryl methyl sites for hydroxylation is 1. The van der Waals surface area contributed by atoms with E-state index >= 15 is 0 Å². The summed E-state index contributed by atoms with van der Waals surface area (Å²) in [5.74, 6) is 0.782. The molecule has 1 rings (SSSR count). The Morgan fingerprint density at radius 2 is 2.00 bits per heavy atom. The van der Waals surface area contributed by atoms with Gasteiger partial charge >= 0.3 is 0 Å². The first-order chi connectivity index (χ1) is 5.57. The van der Waals surface area contributed by atoms with Gasteiger partial charge in [-0.1, -0.05) is 0 Å². The average Bonchev–Trinajstić information content (AvgIpc) is 2.27. The van der Waals surface area contributed by atoms with E-state index in [-0.39, 0.29) is 0 Å². The van der Waals surface area contributed by atoms with Gasteiger partial charge in [0.25, 0.3) is 0 Å². The summed E-state index contributed by atoms with van der Waals surface area (Å²) in [7, 11) is 0. The molecule has 0 unspecified atom stereocenters. The first-order valence-electron chi connectivity index (χ1n) is 4.23. The second-order valence-electron chi connectivity index (χ2n) is 3.35. The fourth-order valence-electron chi connectivity index (χ4n) is 1.43. The topological polar surface area (TPSA) is 17.8 Å². The molecule has 0 radical (unpaired) electrons. The van der Waals surface area contributed by atoms with Gasteiger partial charge in [-0.15, -0.1) is 0 Å². The summed E-state index contributed by atoms with van der Waals surface area (Å²) in [4.78, 5) is 0. The minimum atomic E-state index is 0.442. The van der Waals surface area contributed by atoms with Crippen LogP contribution >= 0.6 is 12.6 Å². The van der Waals surface area contributed by atoms with E-state index in [0.717, 1.165) is 11.4 Å². The van der Waals surface area contributed by atoms with Crippen molar-refractivity contribution in [3.8, 4) is 0 Å². The molecule has 1 heterocycles. The number of hydrogen-bond acceptors (Lipinski definition) is 2. The van der Waals surface area contributed by atoms with E-state index in [1.807, 2.05) is 6.92 Å². The predicted octanol–water partition coefficient (Wildman–Crippen LogP) is 2.51. The van der Waals surface area contributed by atoms with Crippen molar-refractivity contribution in [2.75, 3.05) is 0 Å². The highest BCUT2D eigenvalue weighted by Crippen LogP contribution is 2.18. The lowest BCUT2D eigenvalue weighted by Crippen LogP contribution is -2.04. The molecule has 0 aliphatic carbocycles. The van der Waals surface area contributed by atoms with E-state index in [2.05, 4.69) is 43.2 Å². The largest absolute Gasteiger partial charge is 0.267 e. The van der Waals surface area contributed by atoms with Gasteiger partial charge in [-0.3, -0.25) is 4.68 Å². The molecular weight excluding hydrogens is 168 g/mol. The molecule has 0 aliphatic rings. The number of rotatable bonds is 2. The highest BCUT2D eigenvalue weighted by molar-refractivity contribution is 7.79. The highest BCUT2D eigenvalue weighted by Gasteiger charge is 2.11. The average molecular weight is 184 g/mol. The van der Waals surface area contributed by atoms with Crippen molar-refractivity contribution in [2.24, 2.45) is 0 Å². The lowest BCUT2D eigenvalue weighted by Gasteiger charge is -2.07. The van der Waals surface area contributed by atoms with Crippen LogP contribution in [-0.2, 0) is 5.75 Å². The third kappa shape index (κ3) is 1.51. The Bertz CT molecular complexity index is 276. The Hall–Kier alpha value is -0.440. The molecule has 0 fully saturated rings. The molecule has 0 spiro atoms. The van der Waals surface area contributed by atoms with Crippen LogP contribution in [0.15, 0.2) is 0 Å². The number of nitrogens with zero attached hydrogens (tertiary/aromatic N) is 2. The van der Waals surface area contributed by atoms with Crippen LogP contribution in [0.2, 0.25) is 0 Å². The van der Waals surface area contributed by atoms with Crippen molar-refractivity contribution in [3.05, 3.63) is 17.0 Å². The Kier molecular flexibility index (Phi) is 2.83. The standard InChI is InChI=1S/C9H16N2S/c1-6(2)11-8(4)9(5-12)7(3)10-11/h6,12H,5H2,1-4H3. The fraction of sp³-hybridized carbons (Fsp3) is 0.667. The molecule has 1 aromatic rings. The highest BCUT2D eigenvalue weighted by atomic mass is 32.1. The molecule has 68 valence electrons. The van der Waals surface area contributed by atoms with Gasteiger partial charge in [0.15, 0.2) is 0 Å². The lowest BCUT2D eigenvalue weighted by molar-refractivity contribution is 0.516. The summed E-state index contributed by atoms with van der Waals surface area (Å²) in [5.41, 5.74) is 3.63. The normalized spacial score (nSPS) is 11.2. The minimum Gasteiger partial charge on any atom is -0.267 e. The van der Waals surface area contributed by atoms with Crippen LogP contribution < -0.4 is 0 Å². The SMILES string of the molecule is Cc1nn(C(C)C)c(C)c1CS. The molecule has 12 heavy (non-hydrogen) atoms. The molecule has 0 saturated heterocycles. The maximum Gasteiger partial charge on any atom is 0.0636 e. The van der Waals surface area contributed by atoms with Crippen molar-refractivity contribution >= 4 is 12.6 Å². The van der Waals surface area contributed by atoms with E-state index in [0.29, 0.717) is 6.04 Å². The lowest BCUT2D eigenvalue weighted by atomic mass is 10.2. The van der Waals surface area contributed by atoms with Crippen LogP contribution in [0.4, 0.5) is 0 Å². The third-order valence-corrected chi connectivity index (χ3v) is 2.44. The van der Waals surface area contributed by atoms with E-state index in [1.54, 1.807) is 0 Å². The van der Waals surface area contributed by atoms with Gasteiger partial charge in [0.1, 0.15) is 0 Å². The van der Waals surface area contributed by atoms with Gasteiger partial charge in [0, 0.05) is 23.1 Å². The summed E-state index contributed by atoms with van der Waals surface area (Å²) in [6.45, 7) is 8.42. The molecule has 1 aromatic heterocycles. The van der Waals surface area contributed by atoms with E-state index in [4.69, 9.17) is 0 Å².